The lowest BCUT2D eigenvalue weighted by Crippen LogP contribution is -2.42. The maximum Gasteiger partial charge on any atom is 0.113 e. The zero-order chi connectivity index (χ0) is 30.5. The fraction of sp³-hybridized carbons (Fsp3) is 0.278. The molecule has 6 rings (SSSR count). The van der Waals surface area contributed by atoms with Crippen molar-refractivity contribution in [1.82, 2.24) is 25.2 Å². The molecular weight excluding hydrogens is 544 g/mol. The Labute approximate surface area is 260 Å². The van der Waals surface area contributed by atoms with E-state index in [1.807, 2.05) is 41.1 Å². The lowest BCUT2D eigenvalue weighted by Gasteiger charge is -2.38. The number of nitrogens with two attached hydrogens (primary N) is 1. The van der Waals surface area contributed by atoms with Crippen LogP contribution < -0.4 is 21.7 Å². The summed E-state index contributed by atoms with van der Waals surface area (Å²) in [5.74, 6) is 0. The van der Waals surface area contributed by atoms with Crippen molar-refractivity contribution in [3.05, 3.63) is 115 Å². The fourth-order valence-electron chi connectivity index (χ4n) is 6.33. The van der Waals surface area contributed by atoms with Gasteiger partial charge >= 0.3 is 0 Å². The molecule has 0 aliphatic carbocycles. The number of nitrogens with one attached hydrogen (secondary N) is 3. The van der Waals surface area contributed by atoms with Gasteiger partial charge in [-0.1, -0.05) is 61.7 Å². The molecule has 0 saturated carbocycles. The second kappa shape index (κ2) is 13.1. The average Bonchev–Trinajstić information content (AvgIpc) is 3.48. The predicted octanol–water partition coefficient (Wildman–Crippen LogP) is 6.86. The van der Waals surface area contributed by atoms with Crippen LogP contribution in [0.3, 0.4) is 0 Å². The quantitative estimate of drug-likeness (QED) is 0.106. The van der Waals surface area contributed by atoms with Crippen molar-refractivity contribution < 1.29 is 0 Å². The highest BCUT2D eigenvalue weighted by Crippen LogP contribution is 2.37. The molecule has 2 aliphatic heterocycles. The lowest BCUT2D eigenvalue weighted by atomic mass is 9.94. The van der Waals surface area contributed by atoms with Gasteiger partial charge in [-0.05, 0) is 80.3 Å². The molecule has 1 unspecified atom stereocenters. The van der Waals surface area contributed by atoms with E-state index in [1.54, 1.807) is 6.20 Å². The number of aromatic nitrogens is 3. The average molecular weight is 587 g/mol. The summed E-state index contributed by atoms with van der Waals surface area (Å²) in [6, 6.07) is 20.8. The molecule has 0 bridgehead atoms. The summed E-state index contributed by atoms with van der Waals surface area (Å²) in [4.78, 5) is 2.40. The summed E-state index contributed by atoms with van der Waals surface area (Å²) < 4.78 is 1.89. The van der Waals surface area contributed by atoms with E-state index >= 15 is 0 Å². The van der Waals surface area contributed by atoms with Crippen LogP contribution in [0.4, 0.5) is 17.1 Å². The lowest BCUT2D eigenvalue weighted by molar-refractivity contribution is 0.279. The number of nitrogen functional groups attached to an aromatic ring is 1. The normalized spacial score (nSPS) is 16.2. The van der Waals surface area contributed by atoms with Crippen molar-refractivity contribution in [2.45, 2.75) is 44.6 Å². The number of allylic oxidation sites excluding steroid dienone is 2. The van der Waals surface area contributed by atoms with Gasteiger partial charge in [0.25, 0.3) is 0 Å². The number of hydrogen-bond acceptors (Lipinski definition) is 7. The molecule has 1 saturated heterocycles. The summed E-state index contributed by atoms with van der Waals surface area (Å²) in [5, 5.41) is 19.3. The third-order valence-corrected chi connectivity index (χ3v) is 8.54. The van der Waals surface area contributed by atoms with Crippen molar-refractivity contribution in [1.29, 1.82) is 0 Å². The first-order valence-electron chi connectivity index (χ1n) is 15.6. The van der Waals surface area contributed by atoms with Crippen LogP contribution in [0.1, 0.15) is 43.2 Å². The molecule has 8 heteroatoms. The Morgan fingerprint density at radius 3 is 2.82 bits per heavy atom. The Bertz CT molecular complexity index is 1710. The number of anilines is 3. The standard InChI is InChI=1S/C36H42N8/c1-4-38-19-11-5-6-13-27-22-29(44-35-18-10-9-17-34(35)41-42-44)23-32(37)36(27)40-28-14-12-20-43(24-28)26(3)31-21-25(2)39-33-16-8-7-15-30(31)33/h4,7-10,15-18,21-23,28,38-40H,1-3,5-6,11-14,19-20,24,37H2. The third-order valence-electron chi connectivity index (χ3n) is 8.54. The first kappa shape index (κ1) is 29.1. The van der Waals surface area contributed by atoms with Gasteiger partial charge in [-0.2, -0.15) is 0 Å². The van der Waals surface area contributed by atoms with Gasteiger partial charge in [0.1, 0.15) is 5.52 Å². The Morgan fingerprint density at radius 2 is 1.93 bits per heavy atom. The van der Waals surface area contributed by atoms with Crippen molar-refractivity contribution >= 4 is 33.7 Å². The molecule has 1 atom stereocenters. The third kappa shape index (κ3) is 6.20. The number of para-hydroxylation sites is 2. The number of fused-ring (bicyclic) bond motifs is 2. The fourth-order valence-corrected chi connectivity index (χ4v) is 6.33. The van der Waals surface area contributed by atoms with Crippen LogP contribution in [0.5, 0.6) is 0 Å². The first-order chi connectivity index (χ1) is 21.5. The molecular formula is C36H42N8. The molecule has 8 nitrogen and oxygen atoms in total. The van der Waals surface area contributed by atoms with Gasteiger partial charge < -0.3 is 26.6 Å². The maximum absolute atomic E-state index is 6.84. The molecule has 2 aliphatic rings. The highest BCUT2D eigenvalue weighted by Gasteiger charge is 2.26. The molecule has 0 radical (unpaired) electrons. The molecule has 4 aromatic rings. The molecule has 3 aromatic carbocycles. The summed E-state index contributed by atoms with van der Waals surface area (Å²) >= 11 is 0. The van der Waals surface area contributed by atoms with Gasteiger partial charge in [0.15, 0.2) is 0 Å². The number of benzene rings is 3. The van der Waals surface area contributed by atoms with Crippen molar-refractivity contribution in [2.75, 3.05) is 36.0 Å². The van der Waals surface area contributed by atoms with Gasteiger partial charge in [0.2, 0.25) is 0 Å². The first-order valence-corrected chi connectivity index (χ1v) is 15.6. The van der Waals surface area contributed by atoms with Gasteiger partial charge in [-0.3, -0.25) is 0 Å². The number of nitrogens with zero attached hydrogens (tertiary/aromatic N) is 4. The van der Waals surface area contributed by atoms with Crippen LogP contribution in [-0.2, 0) is 6.42 Å². The number of piperidine rings is 1. The summed E-state index contributed by atoms with van der Waals surface area (Å²) in [6.07, 6.45) is 10.2. The number of hydrogen-bond donors (Lipinski definition) is 4. The van der Waals surface area contributed by atoms with Gasteiger partial charge in [-0.15, -0.1) is 5.10 Å². The Morgan fingerprint density at radius 1 is 1.09 bits per heavy atom. The molecule has 5 N–H and O–H groups in total. The summed E-state index contributed by atoms with van der Waals surface area (Å²) in [6.45, 7) is 15.2. The van der Waals surface area contributed by atoms with E-state index in [0.717, 1.165) is 114 Å². The molecule has 1 aromatic heterocycles. The number of unbranched alkanes of at least 4 members (excludes halogenated alkanes) is 2. The van der Waals surface area contributed by atoms with Crippen LogP contribution >= 0.6 is 0 Å². The van der Waals surface area contributed by atoms with Gasteiger partial charge in [-0.25, -0.2) is 4.68 Å². The van der Waals surface area contributed by atoms with Crippen molar-refractivity contribution in [2.24, 2.45) is 0 Å². The Kier molecular flexibility index (Phi) is 8.68. The maximum atomic E-state index is 6.84. The van der Waals surface area contributed by atoms with E-state index in [-0.39, 0.29) is 6.04 Å². The van der Waals surface area contributed by atoms with Crippen molar-refractivity contribution in [3.63, 3.8) is 0 Å². The minimum atomic E-state index is 0.233. The second-order valence-corrected chi connectivity index (χ2v) is 11.7. The molecule has 0 spiro atoms. The van der Waals surface area contributed by atoms with Crippen LogP contribution in [0, 0.1) is 0 Å². The van der Waals surface area contributed by atoms with Gasteiger partial charge in [0, 0.05) is 53.9 Å². The van der Waals surface area contributed by atoms with E-state index in [2.05, 4.69) is 81.2 Å². The SMILES string of the molecule is C=CNCCCCCc1cc(-n2nnc3ccccc32)cc(N)c1NC1CCCN(C(=C)C2=CC(=C)Nc3ccccc32)C1. The van der Waals surface area contributed by atoms with E-state index in [1.165, 1.54) is 5.56 Å². The Hall–Kier alpha value is -4.98. The minimum Gasteiger partial charge on any atom is -0.397 e. The largest absolute Gasteiger partial charge is 0.397 e. The number of aryl methyl sites for hydroxylation is 1. The molecule has 1 fully saturated rings. The highest BCUT2D eigenvalue weighted by atomic mass is 15.4. The van der Waals surface area contributed by atoms with E-state index in [4.69, 9.17) is 5.73 Å². The van der Waals surface area contributed by atoms with Crippen LogP contribution in [0.15, 0.2) is 104 Å². The predicted molar refractivity (Wildman–Crippen MR) is 184 cm³/mol. The number of likely N-dealkylation sites (tertiary alicyclic amines) is 1. The topological polar surface area (TPSA) is 96.1 Å². The molecule has 44 heavy (non-hydrogen) atoms. The van der Waals surface area contributed by atoms with Crippen LogP contribution in [0.25, 0.3) is 22.3 Å². The van der Waals surface area contributed by atoms with E-state index in [9.17, 15) is 0 Å². The molecule has 0 amide bonds. The van der Waals surface area contributed by atoms with Gasteiger partial charge in [0.05, 0.1) is 22.6 Å². The molecule has 3 heterocycles. The van der Waals surface area contributed by atoms with E-state index < -0.39 is 0 Å². The number of rotatable bonds is 12. The zero-order valence-corrected chi connectivity index (χ0v) is 25.4. The zero-order valence-electron chi connectivity index (χ0n) is 25.4. The summed E-state index contributed by atoms with van der Waals surface area (Å²) in [7, 11) is 0. The monoisotopic (exact) mass is 586 g/mol. The van der Waals surface area contributed by atoms with Crippen LogP contribution in [0.2, 0.25) is 0 Å². The Balaban J connectivity index is 1.23. The minimum absolute atomic E-state index is 0.233. The second-order valence-electron chi connectivity index (χ2n) is 11.7. The summed E-state index contributed by atoms with van der Waals surface area (Å²) in [5.41, 5.74) is 17.8. The van der Waals surface area contributed by atoms with E-state index in [0.29, 0.717) is 0 Å². The van der Waals surface area contributed by atoms with Crippen LogP contribution in [-0.4, -0.2) is 45.6 Å². The molecule has 226 valence electrons. The smallest absolute Gasteiger partial charge is 0.113 e. The highest BCUT2D eigenvalue weighted by molar-refractivity contribution is 5.90. The van der Waals surface area contributed by atoms with Crippen molar-refractivity contribution in [3.8, 4) is 5.69 Å².